The van der Waals surface area contributed by atoms with E-state index in [-0.39, 0.29) is 5.75 Å². The highest BCUT2D eigenvalue weighted by Gasteiger charge is 2.20. The molecule has 1 aliphatic rings. The van der Waals surface area contributed by atoms with Gasteiger partial charge >= 0.3 is 0 Å². The highest BCUT2D eigenvalue weighted by Crippen LogP contribution is 2.32. The maximum Gasteiger partial charge on any atom is 0.138 e. The van der Waals surface area contributed by atoms with Crippen LogP contribution >= 0.6 is 23.2 Å². The van der Waals surface area contributed by atoms with Crippen molar-refractivity contribution in [2.45, 2.75) is 39.3 Å². The van der Waals surface area contributed by atoms with Gasteiger partial charge in [0.15, 0.2) is 0 Å². The molecule has 3 nitrogen and oxygen atoms in total. The van der Waals surface area contributed by atoms with Gasteiger partial charge in [0.2, 0.25) is 0 Å². The van der Waals surface area contributed by atoms with Gasteiger partial charge in [-0.3, -0.25) is 4.90 Å². The first-order valence-corrected chi connectivity index (χ1v) is 8.34. The molecule has 0 aliphatic carbocycles. The fraction of sp³-hybridized carbons (Fsp3) is 0.625. The normalized spacial score (nSPS) is 19.4. The summed E-state index contributed by atoms with van der Waals surface area (Å²) in [6.07, 6.45) is 2.50. The third-order valence-electron chi connectivity index (χ3n) is 4.10. The van der Waals surface area contributed by atoms with Crippen molar-refractivity contribution in [1.82, 2.24) is 10.2 Å². The molecule has 21 heavy (non-hydrogen) atoms. The zero-order valence-corrected chi connectivity index (χ0v) is 14.2. The number of nitrogens with zero attached hydrogens (tertiary/aromatic N) is 1. The smallest absolute Gasteiger partial charge is 0.138 e. The van der Waals surface area contributed by atoms with Crippen molar-refractivity contribution in [2.75, 3.05) is 19.6 Å². The summed E-state index contributed by atoms with van der Waals surface area (Å²) in [5.74, 6) is 0.812. The average Bonchev–Trinajstić information content (AvgIpc) is 2.44. The SMILES string of the molecule is CC(C)N(Cc1cc(Cl)cc(Cl)c1O)CC1CCCNC1. The summed E-state index contributed by atoms with van der Waals surface area (Å²) in [5.41, 5.74) is 0.796. The lowest BCUT2D eigenvalue weighted by Crippen LogP contribution is -2.40. The fourth-order valence-corrected chi connectivity index (χ4v) is 3.36. The van der Waals surface area contributed by atoms with Crippen LogP contribution in [0.15, 0.2) is 12.1 Å². The summed E-state index contributed by atoms with van der Waals surface area (Å²) in [4.78, 5) is 2.37. The number of hydrogen-bond donors (Lipinski definition) is 2. The molecule has 1 saturated heterocycles. The average molecular weight is 331 g/mol. The second-order valence-electron chi connectivity index (χ2n) is 6.13. The number of hydrogen-bond acceptors (Lipinski definition) is 3. The molecule has 0 spiro atoms. The predicted molar refractivity (Wildman–Crippen MR) is 89.3 cm³/mol. The van der Waals surface area contributed by atoms with E-state index in [9.17, 15) is 5.11 Å². The van der Waals surface area contributed by atoms with E-state index in [2.05, 4.69) is 24.1 Å². The lowest BCUT2D eigenvalue weighted by molar-refractivity contribution is 0.162. The molecule has 0 bridgehead atoms. The van der Waals surface area contributed by atoms with Gasteiger partial charge in [-0.1, -0.05) is 23.2 Å². The van der Waals surface area contributed by atoms with Gasteiger partial charge in [0.25, 0.3) is 0 Å². The second-order valence-corrected chi connectivity index (χ2v) is 6.97. The van der Waals surface area contributed by atoms with Crippen LogP contribution in [0.4, 0.5) is 0 Å². The molecule has 0 amide bonds. The monoisotopic (exact) mass is 330 g/mol. The predicted octanol–water partition coefficient (Wildman–Crippen LogP) is 3.91. The molecule has 5 heteroatoms. The van der Waals surface area contributed by atoms with Crippen LogP contribution in [0.5, 0.6) is 5.75 Å². The Morgan fingerprint density at radius 1 is 1.38 bits per heavy atom. The van der Waals surface area contributed by atoms with Crippen molar-refractivity contribution in [2.24, 2.45) is 5.92 Å². The van der Waals surface area contributed by atoms with Crippen LogP contribution in [0.1, 0.15) is 32.3 Å². The molecule has 0 saturated carbocycles. The van der Waals surface area contributed by atoms with E-state index in [0.717, 1.165) is 25.2 Å². The Kier molecular flexibility index (Phi) is 6.18. The zero-order valence-electron chi connectivity index (χ0n) is 12.7. The van der Waals surface area contributed by atoms with Crippen molar-refractivity contribution in [3.63, 3.8) is 0 Å². The quantitative estimate of drug-likeness (QED) is 0.859. The molecule has 0 aromatic heterocycles. The van der Waals surface area contributed by atoms with Gasteiger partial charge in [-0.05, 0) is 57.8 Å². The van der Waals surface area contributed by atoms with E-state index in [1.54, 1.807) is 12.1 Å². The van der Waals surface area contributed by atoms with Crippen molar-refractivity contribution in [1.29, 1.82) is 0 Å². The minimum atomic E-state index is 0.147. The fourth-order valence-electron chi connectivity index (χ4n) is 2.83. The molecular weight excluding hydrogens is 307 g/mol. The van der Waals surface area contributed by atoms with Gasteiger partial charge in [-0.25, -0.2) is 0 Å². The zero-order chi connectivity index (χ0) is 15.4. The van der Waals surface area contributed by atoms with Gasteiger partial charge in [0, 0.05) is 29.7 Å². The first-order chi connectivity index (χ1) is 9.97. The number of nitrogens with one attached hydrogen (secondary N) is 1. The maximum absolute atomic E-state index is 10.1. The van der Waals surface area contributed by atoms with Gasteiger partial charge in [0.1, 0.15) is 5.75 Å². The Labute approximate surface area is 137 Å². The lowest BCUT2D eigenvalue weighted by Gasteiger charge is -2.33. The number of aromatic hydroxyl groups is 1. The van der Waals surface area contributed by atoms with Crippen LogP contribution in [-0.2, 0) is 6.54 Å². The molecule has 1 aliphatic heterocycles. The molecule has 118 valence electrons. The maximum atomic E-state index is 10.1. The molecular formula is C16H24Cl2N2O. The van der Waals surface area contributed by atoms with Crippen molar-refractivity contribution < 1.29 is 5.11 Å². The van der Waals surface area contributed by atoms with Gasteiger partial charge < -0.3 is 10.4 Å². The topological polar surface area (TPSA) is 35.5 Å². The second kappa shape index (κ2) is 7.68. The summed E-state index contributed by atoms with van der Waals surface area (Å²) >= 11 is 12.1. The Balaban J connectivity index is 2.09. The summed E-state index contributed by atoms with van der Waals surface area (Å²) in [6.45, 7) is 8.25. The van der Waals surface area contributed by atoms with E-state index in [1.165, 1.54) is 12.8 Å². The van der Waals surface area contributed by atoms with Crippen LogP contribution in [0.2, 0.25) is 10.0 Å². The minimum absolute atomic E-state index is 0.147. The minimum Gasteiger partial charge on any atom is -0.506 e. The molecule has 2 N–H and O–H groups in total. The van der Waals surface area contributed by atoms with Gasteiger partial charge in [0.05, 0.1) is 5.02 Å². The van der Waals surface area contributed by atoms with E-state index in [0.29, 0.717) is 28.5 Å². The molecule has 1 aromatic rings. The number of phenols is 1. The first-order valence-electron chi connectivity index (χ1n) is 7.59. The first kappa shape index (κ1) is 16.9. The molecule has 1 fully saturated rings. The molecule has 1 unspecified atom stereocenters. The van der Waals surface area contributed by atoms with Crippen LogP contribution in [0, 0.1) is 5.92 Å². The number of rotatable bonds is 5. The lowest BCUT2D eigenvalue weighted by atomic mass is 9.98. The Bertz CT molecular complexity index is 474. The standard InChI is InChI=1S/C16H24Cl2N2O/c1-11(2)20(9-12-4-3-5-19-8-12)10-13-6-14(17)7-15(18)16(13)21/h6-7,11-12,19,21H,3-5,8-10H2,1-2H3. The largest absolute Gasteiger partial charge is 0.506 e. The molecule has 1 atom stereocenters. The summed E-state index contributed by atoms with van der Waals surface area (Å²) < 4.78 is 0. The van der Waals surface area contributed by atoms with Gasteiger partial charge in [-0.15, -0.1) is 0 Å². The number of benzene rings is 1. The highest BCUT2D eigenvalue weighted by molar-refractivity contribution is 6.35. The highest BCUT2D eigenvalue weighted by atomic mass is 35.5. The van der Waals surface area contributed by atoms with E-state index in [4.69, 9.17) is 23.2 Å². The van der Waals surface area contributed by atoms with Crippen LogP contribution in [0.3, 0.4) is 0 Å². The van der Waals surface area contributed by atoms with Crippen molar-refractivity contribution >= 4 is 23.2 Å². The van der Waals surface area contributed by atoms with E-state index < -0.39 is 0 Å². The Hall–Kier alpha value is -0.480. The van der Waals surface area contributed by atoms with Crippen LogP contribution in [-0.4, -0.2) is 35.7 Å². The van der Waals surface area contributed by atoms with Gasteiger partial charge in [-0.2, -0.15) is 0 Å². The third-order valence-corrected chi connectivity index (χ3v) is 4.61. The van der Waals surface area contributed by atoms with Crippen molar-refractivity contribution in [3.8, 4) is 5.75 Å². The summed E-state index contributed by atoms with van der Waals surface area (Å²) in [7, 11) is 0. The molecule has 1 heterocycles. The number of halogens is 2. The number of phenolic OH excluding ortho intramolecular Hbond substituents is 1. The van der Waals surface area contributed by atoms with Crippen LogP contribution < -0.4 is 5.32 Å². The summed E-state index contributed by atoms with van der Waals surface area (Å²) in [5, 5.41) is 14.5. The Morgan fingerprint density at radius 3 is 2.76 bits per heavy atom. The van der Waals surface area contributed by atoms with Crippen LogP contribution in [0.25, 0.3) is 0 Å². The van der Waals surface area contributed by atoms with Crippen molar-refractivity contribution in [3.05, 3.63) is 27.7 Å². The Morgan fingerprint density at radius 2 is 2.14 bits per heavy atom. The molecule has 0 radical (unpaired) electrons. The molecule has 2 rings (SSSR count). The number of piperidine rings is 1. The summed E-state index contributed by atoms with van der Waals surface area (Å²) in [6, 6.07) is 3.79. The molecule has 1 aromatic carbocycles. The van der Waals surface area contributed by atoms with E-state index in [1.807, 2.05) is 0 Å². The third kappa shape index (κ3) is 4.75. The van der Waals surface area contributed by atoms with E-state index >= 15 is 0 Å².